The van der Waals surface area contributed by atoms with Crippen molar-refractivity contribution in [1.29, 1.82) is 0 Å². The molecule has 0 heterocycles. The van der Waals surface area contributed by atoms with Crippen LogP contribution in [0.15, 0.2) is 18.2 Å². The molecule has 0 spiro atoms. The van der Waals surface area contributed by atoms with Gasteiger partial charge in [-0.2, -0.15) is 0 Å². The van der Waals surface area contributed by atoms with Crippen molar-refractivity contribution in [2.75, 3.05) is 13.2 Å². The Morgan fingerprint density at radius 1 is 1.40 bits per heavy atom. The Hall–Kier alpha value is -0.320. The monoisotopic (exact) mass is 249 g/mol. The van der Waals surface area contributed by atoms with Gasteiger partial charge in [-0.3, -0.25) is 0 Å². The molecule has 0 aliphatic rings. The lowest BCUT2D eigenvalue weighted by Gasteiger charge is -2.09. The molecule has 0 aliphatic heterocycles. The summed E-state index contributed by atoms with van der Waals surface area (Å²) >= 11 is 11.7. The molecule has 1 rings (SSSR count). The number of aliphatic hydroxyl groups excluding tert-OH is 1. The molecule has 0 saturated carbocycles. The second-order valence-corrected chi connectivity index (χ2v) is 3.98. The lowest BCUT2D eigenvalue weighted by Crippen LogP contribution is -2.25. The number of nitrogens with two attached hydrogens (primary N) is 1. The van der Waals surface area contributed by atoms with Crippen LogP contribution in [0.5, 0.6) is 0 Å². The molecule has 0 aromatic heterocycles. The van der Waals surface area contributed by atoms with Crippen molar-refractivity contribution in [1.82, 2.24) is 0 Å². The van der Waals surface area contributed by atoms with Crippen LogP contribution >= 0.6 is 23.2 Å². The summed E-state index contributed by atoms with van der Waals surface area (Å²) in [4.78, 5) is 0. The van der Waals surface area contributed by atoms with Crippen molar-refractivity contribution >= 4 is 23.2 Å². The molecule has 5 heteroatoms. The quantitative estimate of drug-likeness (QED) is 0.838. The van der Waals surface area contributed by atoms with E-state index in [0.29, 0.717) is 16.7 Å². The van der Waals surface area contributed by atoms with Gasteiger partial charge < -0.3 is 15.6 Å². The van der Waals surface area contributed by atoms with Gasteiger partial charge in [0.1, 0.15) is 0 Å². The third-order valence-corrected chi connectivity index (χ3v) is 2.45. The summed E-state index contributed by atoms with van der Waals surface area (Å²) in [5.41, 5.74) is 6.03. The first-order valence-corrected chi connectivity index (χ1v) is 5.29. The van der Waals surface area contributed by atoms with E-state index in [-0.39, 0.29) is 13.2 Å². The van der Waals surface area contributed by atoms with Gasteiger partial charge in [0.25, 0.3) is 0 Å². The fourth-order valence-electron chi connectivity index (χ4n) is 1.03. The Labute approximate surface area is 98.7 Å². The number of hydrogen-bond acceptors (Lipinski definition) is 3. The maximum Gasteiger partial charge on any atom is 0.0895 e. The SMILES string of the molecule is NC[C@H](O)COCc1cc(Cl)ccc1Cl. The summed E-state index contributed by atoms with van der Waals surface area (Å²) in [6, 6.07) is 5.16. The smallest absolute Gasteiger partial charge is 0.0895 e. The molecule has 0 bridgehead atoms. The molecule has 0 aliphatic carbocycles. The van der Waals surface area contributed by atoms with Gasteiger partial charge in [0.15, 0.2) is 0 Å². The third kappa shape index (κ3) is 4.36. The summed E-state index contributed by atoms with van der Waals surface area (Å²) in [6.07, 6.45) is -0.636. The Bertz CT molecular complexity index is 320. The van der Waals surface area contributed by atoms with Gasteiger partial charge in [0.05, 0.1) is 19.3 Å². The fourth-order valence-corrected chi connectivity index (χ4v) is 1.39. The van der Waals surface area contributed by atoms with Crippen LogP contribution in [0.25, 0.3) is 0 Å². The molecule has 0 unspecified atom stereocenters. The minimum Gasteiger partial charge on any atom is -0.389 e. The number of hydrogen-bond donors (Lipinski definition) is 2. The topological polar surface area (TPSA) is 55.5 Å². The minimum absolute atomic E-state index is 0.184. The summed E-state index contributed by atoms with van der Waals surface area (Å²) < 4.78 is 5.24. The molecule has 0 amide bonds. The van der Waals surface area contributed by atoms with E-state index in [1.165, 1.54) is 0 Å². The molecule has 15 heavy (non-hydrogen) atoms. The molecule has 0 fully saturated rings. The lowest BCUT2D eigenvalue weighted by atomic mass is 10.2. The van der Waals surface area contributed by atoms with Crippen LogP contribution in [0.3, 0.4) is 0 Å². The van der Waals surface area contributed by atoms with Gasteiger partial charge >= 0.3 is 0 Å². The van der Waals surface area contributed by atoms with Crippen LogP contribution in [0, 0.1) is 0 Å². The number of ether oxygens (including phenoxy) is 1. The van der Waals surface area contributed by atoms with Gasteiger partial charge in [-0.15, -0.1) is 0 Å². The summed E-state index contributed by atoms with van der Waals surface area (Å²) in [7, 11) is 0. The van der Waals surface area contributed by atoms with E-state index in [0.717, 1.165) is 5.56 Å². The van der Waals surface area contributed by atoms with E-state index in [9.17, 15) is 0 Å². The molecule has 3 nitrogen and oxygen atoms in total. The van der Waals surface area contributed by atoms with Crippen LogP contribution in [-0.2, 0) is 11.3 Å². The van der Waals surface area contributed by atoms with Gasteiger partial charge in [-0.25, -0.2) is 0 Å². The van der Waals surface area contributed by atoms with Crippen molar-refractivity contribution in [2.24, 2.45) is 5.73 Å². The first kappa shape index (κ1) is 12.7. The number of aliphatic hydroxyl groups is 1. The average molecular weight is 250 g/mol. The Morgan fingerprint density at radius 2 is 2.13 bits per heavy atom. The number of rotatable bonds is 5. The molecule has 0 saturated heterocycles. The zero-order valence-electron chi connectivity index (χ0n) is 8.12. The Kier molecular flexibility index (Phi) is 5.36. The van der Waals surface area contributed by atoms with E-state index >= 15 is 0 Å². The van der Waals surface area contributed by atoms with Gasteiger partial charge in [-0.05, 0) is 23.8 Å². The van der Waals surface area contributed by atoms with Crippen LogP contribution < -0.4 is 5.73 Å². The van der Waals surface area contributed by atoms with Gasteiger partial charge in [0, 0.05) is 16.6 Å². The first-order chi connectivity index (χ1) is 7.13. The predicted octanol–water partition coefficient (Wildman–Crippen LogP) is 1.83. The molecule has 1 aromatic carbocycles. The van der Waals surface area contributed by atoms with Crippen molar-refractivity contribution in [3.8, 4) is 0 Å². The van der Waals surface area contributed by atoms with Crippen LogP contribution in [-0.4, -0.2) is 24.4 Å². The summed E-state index contributed by atoms with van der Waals surface area (Å²) in [6.45, 7) is 0.694. The van der Waals surface area contributed by atoms with E-state index in [2.05, 4.69) is 0 Å². The Balaban J connectivity index is 2.46. The maximum absolute atomic E-state index is 9.15. The first-order valence-electron chi connectivity index (χ1n) is 4.53. The van der Waals surface area contributed by atoms with Crippen molar-refractivity contribution < 1.29 is 9.84 Å². The van der Waals surface area contributed by atoms with Crippen molar-refractivity contribution in [3.05, 3.63) is 33.8 Å². The van der Waals surface area contributed by atoms with E-state index in [1.807, 2.05) is 0 Å². The van der Waals surface area contributed by atoms with Crippen molar-refractivity contribution in [3.63, 3.8) is 0 Å². The highest BCUT2D eigenvalue weighted by atomic mass is 35.5. The molecule has 3 N–H and O–H groups in total. The zero-order chi connectivity index (χ0) is 11.3. The van der Waals surface area contributed by atoms with Gasteiger partial charge in [-0.1, -0.05) is 23.2 Å². The molecular weight excluding hydrogens is 237 g/mol. The van der Waals surface area contributed by atoms with Crippen LogP contribution in [0.1, 0.15) is 5.56 Å². The highest BCUT2D eigenvalue weighted by molar-refractivity contribution is 6.33. The van der Waals surface area contributed by atoms with Crippen LogP contribution in [0.4, 0.5) is 0 Å². The molecule has 0 radical (unpaired) electrons. The number of halogens is 2. The third-order valence-electron chi connectivity index (χ3n) is 1.85. The fraction of sp³-hybridized carbons (Fsp3) is 0.400. The molecule has 1 atom stereocenters. The zero-order valence-corrected chi connectivity index (χ0v) is 9.63. The standard InChI is InChI=1S/C10H13Cl2NO2/c11-8-1-2-10(12)7(3-8)5-15-6-9(14)4-13/h1-3,9,14H,4-6,13H2/t9-/m0/s1. The van der Waals surface area contributed by atoms with Crippen LogP contribution in [0.2, 0.25) is 10.0 Å². The van der Waals surface area contributed by atoms with Gasteiger partial charge in [0.2, 0.25) is 0 Å². The second kappa shape index (κ2) is 6.30. The largest absolute Gasteiger partial charge is 0.389 e. The molecule has 84 valence electrons. The summed E-state index contributed by atoms with van der Waals surface area (Å²) in [5, 5.41) is 10.4. The number of benzene rings is 1. The maximum atomic E-state index is 9.15. The highest BCUT2D eigenvalue weighted by Crippen LogP contribution is 2.21. The second-order valence-electron chi connectivity index (χ2n) is 3.14. The Morgan fingerprint density at radius 3 is 2.80 bits per heavy atom. The molecule has 1 aromatic rings. The normalized spacial score (nSPS) is 12.8. The van der Waals surface area contributed by atoms with E-state index < -0.39 is 6.10 Å². The average Bonchev–Trinajstić information content (AvgIpc) is 2.23. The lowest BCUT2D eigenvalue weighted by molar-refractivity contribution is 0.0329. The van der Waals surface area contributed by atoms with E-state index in [4.69, 9.17) is 38.8 Å². The minimum atomic E-state index is -0.636. The molecular formula is C10H13Cl2NO2. The summed E-state index contributed by atoms with van der Waals surface area (Å²) in [5.74, 6) is 0. The highest BCUT2D eigenvalue weighted by Gasteiger charge is 2.04. The van der Waals surface area contributed by atoms with E-state index in [1.54, 1.807) is 18.2 Å². The van der Waals surface area contributed by atoms with Crippen molar-refractivity contribution in [2.45, 2.75) is 12.7 Å². The predicted molar refractivity (Wildman–Crippen MR) is 61.2 cm³/mol.